The Morgan fingerprint density at radius 1 is 1.21 bits per heavy atom. The summed E-state index contributed by atoms with van der Waals surface area (Å²) in [6, 6.07) is 2.05. The molecule has 3 amide bonds. The second-order valence-corrected chi connectivity index (χ2v) is 8.67. The third-order valence-electron chi connectivity index (χ3n) is 5.16. The van der Waals surface area contributed by atoms with Crippen LogP contribution in [-0.2, 0) is 27.6 Å². The molecule has 0 saturated carbocycles. The van der Waals surface area contributed by atoms with Gasteiger partial charge in [-0.1, -0.05) is 0 Å². The van der Waals surface area contributed by atoms with Crippen molar-refractivity contribution in [3.8, 4) is 0 Å². The van der Waals surface area contributed by atoms with Crippen molar-refractivity contribution < 1.29 is 36.2 Å². The predicted octanol–water partition coefficient (Wildman–Crippen LogP) is 1.45. The van der Waals surface area contributed by atoms with E-state index in [0.29, 0.717) is 6.42 Å². The van der Waals surface area contributed by atoms with Crippen LogP contribution in [0.1, 0.15) is 28.9 Å². The Morgan fingerprint density at radius 2 is 1.91 bits per heavy atom. The van der Waals surface area contributed by atoms with E-state index in [1.807, 2.05) is 0 Å². The summed E-state index contributed by atoms with van der Waals surface area (Å²) in [6.45, 7) is 0.321. The number of carbonyl (C=O) groups is 3. The van der Waals surface area contributed by atoms with E-state index in [1.165, 1.54) is 19.0 Å². The topological polar surface area (TPSA) is 113 Å². The molecule has 34 heavy (non-hydrogen) atoms. The van der Waals surface area contributed by atoms with Gasteiger partial charge in [0.1, 0.15) is 27.4 Å². The highest BCUT2D eigenvalue weighted by molar-refractivity contribution is 7.83. The molecule has 3 N–H and O–H groups in total. The summed E-state index contributed by atoms with van der Waals surface area (Å²) in [4.78, 5) is 36.9. The molecule has 1 aliphatic rings. The first-order valence-corrected chi connectivity index (χ1v) is 11.1. The Balaban J connectivity index is 1.71. The highest BCUT2D eigenvalue weighted by Crippen LogP contribution is 2.26. The SMILES string of the molecule is CNC(=O)C(=O)N1CCC(NS(=O)c2cn(C)c(C(=O)Nc3ccc(F)c(C(F)F)c3)c2F)C1. The van der Waals surface area contributed by atoms with E-state index in [4.69, 9.17) is 0 Å². The lowest BCUT2D eigenvalue weighted by molar-refractivity contribution is -0.144. The van der Waals surface area contributed by atoms with Crippen molar-refractivity contribution in [3.63, 3.8) is 0 Å². The van der Waals surface area contributed by atoms with Crippen molar-refractivity contribution in [2.24, 2.45) is 7.05 Å². The second-order valence-electron chi connectivity index (χ2n) is 7.46. The number of likely N-dealkylation sites (tertiary alicyclic amines) is 1. The fourth-order valence-electron chi connectivity index (χ4n) is 3.44. The van der Waals surface area contributed by atoms with Crippen LogP contribution in [0.4, 0.5) is 23.2 Å². The van der Waals surface area contributed by atoms with Gasteiger partial charge in [0.2, 0.25) is 0 Å². The number of rotatable bonds is 6. The third-order valence-corrected chi connectivity index (χ3v) is 6.39. The Bertz CT molecular complexity index is 1160. The zero-order valence-electron chi connectivity index (χ0n) is 18.0. The number of alkyl halides is 2. The molecule has 2 heterocycles. The molecule has 2 atom stereocenters. The molecule has 14 heteroatoms. The van der Waals surface area contributed by atoms with Gasteiger partial charge >= 0.3 is 11.8 Å². The molecule has 184 valence electrons. The van der Waals surface area contributed by atoms with Gasteiger partial charge < -0.3 is 20.1 Å². The number of aromatic nitrogens is 1. The number of aryl methyl sites for hydroxylation is 1. The molecule has 1 aromatic heterocycles. The molecule has 1 aliphatic heterocycles. The first kappa shape index (κ1) is 25.4. The second kappa shape index (κ2) is 10.3. The van der Waals surface area contributed by atoms with E-state index in [0.717, 1.165) is 29.0 Å². The van der Waals surface area contributed by atoms with Crippen molar-refractivity contribution in [1.29, 1.82) is 0 Å². The predicted molar refractivity (Wildman–Crippen MR) is 113 cm³/mol. The molecule has 1 saturated heterocycles. The summed E-state index contributed by atoms with van der Waals surface area (Å²) in [5.41, 5.74) is -1.61. The lowest BCUT2D eigenvalue weighted by Crippen LogP contribution is -2.42. The van der Waals surface area contributed by atoms with Crippen molar-refractivity contribution in [1.82, 2.24) is 19.5 Å². The Morgan fingerprint density at radius 3 is 2.56 bits per heavy atom. The van der Waals surface area contributed by atoms with Gasteiger partial charge in [-0.05, 0) is 24.6 Å². The van der Waals surface area contributed by atoms with Crippen LogP contribution in [0.3, 0.4) is 0 Å². The van der Waals surface area contributed by atoms with Crippen molar-refractivity contribution in [2.75, 3.05) is 25.5 Å². The monoisotopic (exact) mass is 503 g/mol. The third kappa shape index (κ3) is 5.28. The van der Waals surface area contributed by atoms with Gasteiger partial charge in [-0.15, -0.1) is 0 Å². The number of amides is 3. The maximum absolute atomic E-state index is 15.0. The molecule has 1 fully saturated rings. The number of anilines is 1. The van der Waals surface area contributed by atoms with Crippen LogP contribution < -0.4 is 15.4 Å². The van der Waals surface area contributed by atoms with E-state index in [-0.39, 0.29) is 23.7 Å². The lowest BCUT2D eigenvalue weighted by Gasteiger charge is -2.15. The van der Waals surface area contributed by atoms with Crippen molar-refractivity contribution >= 4 is 34.4 Å². The summed E-state index contributed by atoms with van der Waals surface area (Å²) < 4.78 is 70.7. The van der Waals surface area contributed by atoms with Gasteiger partial charge in [0.25, 0.3) is 12.3 Å². The van der Waals surface area contributed by atoms with Gasteiger partial charge in [-0.2, -0.15) is 0 Å². The molecule has 2 unspecified atom stereocenters. The van der Waals surface area contributed by atoms with Crippen molar-refractivity contribution in [2.45, 2.75) is 23.8 Å². The van der Waals surface area contributed by atoms with Gasteiger partial charge in [-0.25, -0.2) is 26.5 Å². The maximum Gasteiger partial charge on any atom is 0.311 e. The molecule has 0 radical (unpaired) electrons. The van der Waals surface area contributed by atoms with Crippen LogP contribution in [0.25, 0.3) is 0 Å². The van der Waals surface area contributed by atoms with Crippen LogP contribution in [0.2, 0.25) is 0 Å². The number of nitrogens with one attached hydrogen (secondary N) is 3. The molecular formula is C20H21F4N5O4S. The standard InChI is InChI=1S/C20H21F4N5O4S/c1-25-19(31)20(32)29-6-5-11(8-29)27-34(33)14-9-28(2)16(15(14)22)18(30)26-10-3-4-13(21)12(7-10)17(23)24/h3-4,7,9,11,17,27H,5-6,8H2,1-2H3,(H,25,31)(H,26,30). The molecule has 9 nitrogen and oxygen atoms in total. The molecule has 0 spiro atoms. The van der Waals surface area contributed by atoms with Crippen LogP contribution in [0, 0.1) is 11.6 Å². The molecule has 0 bridgehead atoms. The zero-order chi connectivity index (χ0) is 25.2. The van der Waals surface area contributed by atoms with Gasteiger partial charge in [0.05, 0.1) is 5.56 Å². The normalized spacial score (nSPS) is 16.6. The minimum Gasteiger partial charge on any atom is -0.351 e. The molecular weight excluding hydrogens is 482 g/mol. The Labute approximate surface area is 194 Å². The lowest BCUT2D eigenvalue weighted by atomic mass is 10.2. The molecule has 3 rings (SSSR count). The maximum atomic E-state index is 15.0. The van der Waals surface area contributed by atoms with Crippen molar-refractivity contribution in [3.05, 3.63) is 47.3 Å². The Hall–Kier alpha value is -3.26. The van der Waals surface area contributed by atoms with E-state index >= 15 is 0 Å². The first-order chi connectivity index (χ1) is 16.0. The van der Waals surface area contributed by atoms with Gasteiger partial charge in [-0.3, -0.25) is 14.4 Å². The largest absolute Gasteiger partial charge is 0.351 e. The summed E-state index contributed by atoms with van der Waals surface area (Å²) >= 11 is 0. The van der Waals surface area contributed by atoms with Crippen LogP contribution in [0.5, 0.6) is 0 Å². The van der Waals surface area contributed by atoms with Crippen LogP contribution in [0.15, 0.2) is 29.3 Å². The Kier molecular flexibility index (Phi) is 7.71. The van der Waals surface area contributed by atoms with E-state index in [9.17, 15) is 36.2 Å². The molecule has 2 aromatic rings. The fourth-order valence-corrected chi connectivity index (χ4v) is 4.58. The number of nitrogens with zero attached hydrogens (tertiary/aromatic N) is 2. The summed E-state index contributed by atoms with van der Waals surface area (Å²) in [6.07, 6.45) is -1.61. The molecule has 0 aliphatic carbocycles. The quantitative estimate of drug-likeness (QED) is 0.409. The van der Waals surface area contributed by atoms with E-state index in [2.05, 4.69) is 15.4 Å². The zero-order valence-corrected chi connectivity index (χ0v) is 18.8. The van der Waals surface area contributed by atoms with Crippen LogP contribution >= 0.6 is 0 Å². The smallest absolute Gasteiger partial charge is 0.311 e. The van der Waals surface area contributed by atoms with Gasteiger partial charge in [0.15, 0.2) is 5.82 Å². The summed E-state index contributed by atoms with van der Waals surface area (Å²) in [5.74, 6) is -4.78. The highest BCUT2D eigenvalue weighted by Gasteiger charge is 2.32. The van der Waals surface area contributed by atoms with E-state index < -0.39 is 64.1 Å². The first-order valence-electron chi connectivity index (χ1n) is 9.96. The van der Waals surface area contributed by atoms with Crippen LogP contribution in [-0.4, -0.2) is 57.6 Å². The number of carbonyl (C=O) groups excluding carboxylic acids is 3. The number of hydrogen-bond donors (Lipinski definition) is 3. The number of benzene rings is 1. The fraction of sp³-hybridized carbons (Fsp3) is 0.350. The number of hydrogen-bond acceptors (Lipinski definition) is 4. The highest BCUT2D eigenvalue weighted by atomic mass is 32.2. The van der Waals surface area contributed by atoms with Gasteiger partial charge in [0, 0.05) is 45.1 Å². The number of likely N-dealkylation sites (N-methyl/N-ethyl adjacent to an activating group) is 1. The average Bonchev–Trinajstić information content (AvgIpc) is 3.37. The minimum atomic E-state index is -3.11. The minimum absolute atomic E-state index is 0.0802. The average molecular weight is 503 g/mol. The summed E-state index contributed by atoms with van der Waals surface area (Å²) in [7, 11) is 0.543. The summed E-state index contributed by atoms with van der Waals surface area (Å²) in [5, 5.41) is 4.44. The number of halogens is 4. The molecule has 1 aromatic carbocycles. The van der Waals surface area contributed by atoms with E-state index in [1.54, 1.807) is 0 Å².